The number of aromatic amines is 1. The molecule has 2 heterocycles. The number of H-pyrrole nitrogens is 1. The molecule has 2 rings (SSSR count). The summed E-state index contributed by atoms with van der Waals surface area (Å²) in [7, 11) is 1.40. The molecule has 0 aliphatic heterocycles. The topological polar surface area (TPSA) is 67.9 Å². The largest absolute Gasteiger partial charge is 0.495 e. The highest BCUT2D eigenvalue weighted by Crippen LogP contribution is 2.29. The van der Waals surface area contributed by atoms with Gasteiger partial charge >= 0.3 is 11.9 Å². The SMILES string of the molecule is COc1cncc(-c2cc(C(F)(F)F)[nH]c(=O)n2)c1. The lowest BCUT2D eigenvalue weighted by Crippen LogP contribution is -2.19. The van der Waals surface area contributed by atoms with E-state index in [9.17, 15) is 18.0 Å². The molecule has 0 fully saturated rings. The maximum Gasteiger partial charge on any atom is 0.431 e. The predicted molar refractivity (Wildman–Crippen MR) is 59.6 cm³/mol. The fourth-order valence-electron chi connectivity index (χ4n) is 1.43. The van der Waals surface area contributed by atoms with E-state index in [1.165, 1.54) is 25.6 Å². The third kappa shape index (κ3) is 2.90. The number of alkyl halides is 3. The van der Waals surface area contributed by atoms with Gasteiger partial charge in [0, 0.05) is 11.8 Å². The maximum absolute atomic E-state index is 12.6. The number of aromatic nitrogens is 3. The van der Waals surface area contributed by atoms with E-state index >= 15 is 0 Å². The van der Waals surface area contributed by atoms with Crippen molar-refractivity contribution in [2.75, 3.05) is 7.11 Å². The van der Waals surface area contributed by atoms with E-state index in [1.54, 1.807) is 4.98 Å². The molecule has 8 heteroatoms. The Balaban J connectivity index is 2.56. The molecule has 0 unspecified atom stereocenters. The smallest absolute Gasteiger partial charge is 0.431 e. The van der Waals surface area contributed by atoms with Crippen molar-refractivity contribution >= 4 is 0 Å². The number of rotatable bonds is 2. The Hall–Kier alpha value is -2.38. The van der Waals surface area contributed by atoms with Crippen molar-refractivity contribution in [2.24, 2.45) is 0 Å². The van der Waals surface area contributed by atoms with Crippen molar-refractivity contribution in [2.45, 2.75) is 6.18 Å². The summed E-state index contributed by atoms with van der Waals surface area (Å²) >= 11 is 0. The van der Waals surface area contributed by atoms with E-state index in [0.29, 0.717) is 5.75 Å². The van der Waals surface area contributed by atoms with Crippen LogP contribution in [0.3, 0.4) is 0 Å². The Morgan fingerprint density at radius 1 is 1.26 bits per heavy atom. The lowest BCUT2D eigenvalue weighted by molar-refractivity contribution is -0.141. The second kappa shape index (κ2) is 4.71. The summed E-state index contributed by atoms with van der Waals surface area (Å²) in [6.07, 6.45) is -1.96. The van der Waals surface area contributed by atoms with Crippen LogP contribution in [0.2, 0.25) is 0 Å². The van der Waals surface area contributed by atoms with Crippen LogP contribution < -0.4 is 10.4 Å². The van der Waals surface area contributed by atoms with Crippen LogP contribution in [0.15, 0.2) is 29.3 Å². The zero-order chi connectivity index (χ0) is 14.0. The predicted octanol–water partition coefficient (Wildman–Crippen LogP) is 1.86. The fraction of sp³-hybridized carbons (Fsp3) is 0.182. The van der Waals surface area contributed by atoms with Crippen LogP contribution in [0.25, 0.3) is 11.3 Å². The van der Waals surface area contributed by atoms with Gasteiger partial charge in [-0.3, -0.25) is 4.98 Å². The van der Waals surface area contributed by atoms with Crippen LogP contribution in [-0.2, 0) is 6.18 Å². The second-order valence-electron chi connectivity index (χ2n) is 3.60. The molecule has 0 radical (unpaired) electrons. The first-order chi connectivity index (χ1) is 8.90. The standard InChI is InChI=1S/C11H8F3N3O2/c1-19-7-2-6(4-15-5-7)8-3-9(11(12,13)14)17-10(18)16-8/h2-5H,1H3,(H,16,17,18). The van der Waals surface area contributed by atoms with E-state index in [1.807, 2.05) is 0 Å². The van der Waals surface area contributed by atoms with Gasteiger partial charge in [-0.1, -0.05) is 0 Å². The number of pyridine rings is 1. The molecule has 0 atom stereocenters. The van der Waals surface area contributed by atoms with Crippen LogP contribution in [0.5, 0.6) is 5.75 Å². The Morgan fingerprint density at radius 3 is 2.63 bits per heavy atom. The van der Waals surface area contributed by atoms with Crippen LogP contribution >= 0.6 is 0 Å². The van der Waals surface area contributed by atoms with Crippen molar-refractivity contribution in [3.63, 3.8) is 0 Å². The average Bonchev–Trinajstić information content (AvgIpc) is 2.37. The highest BCUT2D eigenvalue weighted by atomic mass is 19.4. The Kier molecular flexibility index (Phi) is 3.24. The van der Waals surface area contributed by atoms with Crippen molar-refractivity contribution in [3.8, 4) is 17.0 Å². The number of nitrogens with zero attached hydrogens (tertiary/aromatic N) is 2. The highest BCUT2D eigenvalue weighted by Gasteiger charge is 2.32. The average molecular weight is 271 g/mol. The number of halogens is 3. The first kappa shape index (κ1) is 13.1. The molecule has 19 heavy (non-hydrogen) atoms. The quantitative estimate of drug-likeness (QED) is 0.905. The summed E-state index contributed by atoms with van der Waals surface area (Å²) in [6, 6.07) is 2.19. The van der Waals surface area contributed by atoms with Gasteiger partial charge in [-0.15, -0.1) is 0 Å². The van der Waals surface area contributed by atoms with Crippen LogP contribution in [0.4, 0.5) is 13.2 Å². The van der Waals surface area contributed by atoms with E-state index in [4.69, 9.17) is 4.74 Å². The van der Waals surface area contributed by atoms with Gasteiger partial charge in [-0.05, 0) is 12.1 Å². The van der Waals surface area contributed by atoms with Gasteiger partial charge in [0.25, 0.3) is 0 Å². The van der Waals surface area contributed by atoms with Gasteiger partial charge < -0.3 is 9.72 Å². The Bertz CT molecular complexity index is 652. The molecule has 5 nitrogen and oxygen atoms in total. The van der Waals surface area contributed by atoms with Gasteiger partial charge in [0.15, 0.2) is 0 Å². The number of ether oxygens (including phenoxy) is 1. The van der Waals surface area contributed by atoms with E-state index in [0.717, 1.165) is 6.07 Å². The third-order valence-corrected chi connectivity index (χ3v) is 2.29. The molecule has 100 valence electrons. The van der Waals surface area contributed by atoms with Crippen molar-refractivity contribution in [1.82, 2.24) is 15.0 Å². The van der Waals surface area contributed by atoms with Gasteiger partial charge in [0.05, 0.1) is 19.0 Å². The van der Waals surface area contributed by atoms with Gasteiger partial charge in [-0.25, -0.2) is 4.79 Å². The van der Waals surface area contributed by atoms with Crippen LogP contribution in [-0.4, -0.2) is 22.1 Å². The summed E-state index contributed by atoms with van der Waals surface area (Å²) in [5.74, 6) is 0.355. The molecule has 2 aromatic rings. The molecule has 0 amide bonds. The fourth-order valence-corrected chi connectivity index (χ4v) is 1.43. The van der Waals surface area contributed by atoms with E-state index in [-0.39, 0.29) is 11.3 Å². The zero-order valence-corrected chi connectivity index (χ0v) is 9.65. The molecule has 0 saturated heterocycles. The minimum absolute atomic E-state index is 0.123. The Morgan fingerprint density at radius 2 is 2.00 bits per heavy atom. The minimum atomic E-state index is -4.65. The molecule has 0 bridgehead atoms. The highest BCUT2D eigenvalue weighted by molar-refractivity contribution is 5.59. The number of nitrogens with one attached hydrogen (secondary N) is 1. The molecule has 0 saturated carbocycles. The maximum atomic E-state index is 12.6. The second-order valence-corrected chi connectivity index (χ2v) is 3.60. The summed E-state index contributed by atoms with van der Waals surface area (Å²) in [4.78, 5) is 20.1. The summed E-state index contributed by atoms with van der Waals surface area (Å²) < 4.78 is 42.6. The lowest BCUT2D eigenvalue weighted by atomic mass is 10.2. The van der Waals surface area contributed by atoms with Crippen molar-refractivity contribution in [1.29, 1.82) is 0 Å². The van der Waals surface area contributed by atoms with E-state index in [2.05, 4.69) is 9.97 Å². The third-order valence-electron chi connectivity index (χ3n) is 2.29. The minimum Gasteiger partial charge on any atom is -0.495 e. The first-order valence-electron chi connectivity index (χ1n) is 5.08. The van der Waals surface area contributed by atoms with Crippen molar-refractivity contribution in [3.05, 3.63) is 40.7 Å². The van der Waals surface area contributed by atoms with Crippen LogP contribution in [0, 0.1) is 0 Å². The van der Waals surface area contributed by atoms with E-state index < -0.39 is 17.6 Å². The Labute approximate surface area is 105 Å². The monoisotopic (exact) mass is 271 g/mol. The summed E-state index contributed by atoms with van der Waals surface area (Å²) in [5.41, 5.74) is -2.10. The molecular formula is C11H8F3N3O2. The van der Waals surface area contributed by atoms with Gasteiger partial charge in [0.2, 0.25) is 0 Å². The molecule has 2 aromatic heterocycles. The number of methoxy groups -OCH3 is 1. The summed E-state index contributed by atoms with van der Waals surface area (Å²) in [6.45, 7) is 0. The number of hydrogen-bond acceptors (Lipinski definition) is 4. The normalized spacial score (nSPS) is 11.4. The van der Waals surface area contributed by atoms with Gasteiger partial charge in [0.1, 0.15) is 11.4 Å². The molecule has 1 N–H and O–H groups in total. The molecule has 0 aliphatic carbocycles. The zero-order valence-electron chi connectivity index (χ0n) is 9.65. The molecule has 0 aliphatic rings. The summed E-state index contributed by atoms with van der Waals surface area (Å²) in [5, 5.41) is 0. The molecule has 0 aromatic carbocycles. The van der Waals surface area contributed by atoms with Crippen molar-refractivity contribution < 1.29 is 17.9 Å². The number of hydrogen-bond donors (Lipinski definition) is 1. The van der Waals surface area contributed by atoms with Crippen LogP contribution in [0.1, 0.15) is 5.69 Å². The lowest BCUT2D eigenvalue weighted by Gasteiger charge is -2.08. The molecular weight excluding hydrogens is 263 g/mol. The van der Waals surface area contributed by atoms with Gasteiger partial charge in [-0.2, -0.15) is 18.2 Å². The first-order valence-corrected chi connectivity index (χ1v) is 5.08. The molecule has 0 spiro atoms.